The molecule has 0 spiro atoms. The fraction of sp³-hybridized carbons (Fsp3) is 0.130. The number of para-hydroxylation sites is 1. The molecule has 0 aliphatic heterocycles. The Hall–Kier alpha value is -4.00. The second kappa shape index (κ2) is 6.81. The van der Waals surface area contributed by atoms with Gasteiger partial charge >= 0.3 is 0 Å². The van der Waals surface area contributed by atoms with E-state index in [1.54, 1.807) is 0 Å². The average molecular weight is 395 g/mol. The highest BCUT2D eigenvalue weighted by atomic mass is 16.5. The summed E-state index contributed by atoms with van der Waals surface area (Å²) in [5.74, 6) is 2.52. The molecular formula is C23H17N5O2. The van der Waals surface area contributed by atoms with E-state index in [0.717, 1.165) is 33.7 Å². The highest BCUT2D eigenvalue weighted by Crippen LogP contribution is 2.36. The molecule has 30 heavy (non-hydrogen) atoms. The highest BCUT2D eigenvalue weighted by molar-refractivity contribution is 5.80. The first-order valence-corrected chi connectivity index (χ1v) is 9.86. The predicted molar refractivity (Wildman–Crippen MR) is 111 cm³/mol. The van der Waals surface area contributed by atoms with Gasteiger partial charge in [0.2, 0.25) is 5.82 Å². The van der Waals surface area contributed by atoms with Gasteiger partial charge in [-0.3, -0.25) is 0 Å². The molecule has 0 amide bonds. The van der Waals surface area contributed by atoms with Crippen molar-refractivity contribution in [2.45, 2.75) is 18.9 Å². The van der Waals surface area contributed by atoms with Crippen LogP contribution in [-0.2, 0) is 0 Å². The largest absolute Gasteiger partial charge is 0.457 e. The van der Waals surface area contributed by atoms with Crippen molar-refractivity contribution in [3.63, 3.8) is 0 Å². The number of benzene rings is 3. The Morgan fingerprint density at radius 1 is 0.867 bits per heavy atom. The molecule has 1 fully saturated rings. The maximum atomic E-state index is 5.83. The fourth-order valence-electron chi connectivity index (χ4n) is 3.42. The van der Waals surface area contributed by atoms with Crippen molar-refractivity contribution in [2.75, 3.05) is 0 Å². The molecule has 1 saturated carbocycles. The first kappa shape index (κ1) is 16.9. The molecule has 0 radical (unpaired) electrons. The highest BCUT2D eigenvalue weighted by Gasteiger charge is 2.26. The van der Waals surface area contributed by atoms with Crippen LogP contribution in [0.5, 0.6) is 11.5 Å². The average Bonchev–Trinajstić information content (AvgIpc) is 3.35. The Kier molecular flexibility index (Phi) is 3.84. The van der Waals surface area contributed by atoms with Crippen LogP contribution in [0.4, 0.5) is 0 Å². The van der Waals surface area contributed by atoms with Crippen LogP contribution >= 0.6 is 0 Å². The van der Waals surface area contributed by atoms with Crippen molar-refractivity contribution in [1.29, 1.82) is 0 Å². The van der Waals surface area contributed by atoms with Gasteiger partial charge in [-0.2, -0.15) is 4.98 Å². The number of aromatic nitrogens is 5. The van der Waals surface area contributed by atoms with Crippen LogP contribution in [0.1, 0.15) is 18.9 Å². The lowest BCUT2D eigenvalue weighted by Crippen LogP contribution is -1.95. The Labute approximate surface area is 171 Å². The van der Waals surface area contributed by atoms with Crippen molar-refractivity contribution < 1.29 is 9.26 Å². The summed E-state index contributed by atoms with van der Waals surface area (Å²) in [7, 11) is 0. The van der Waals surface area contributed by atoms with Gasteiger partial charge in [0, 0.05) is 11.1 Å². The Morgan fingerprint density at radius 2 is 1.63 bits per heavy atom. The van der Waals surface area contributed by atoms with E-state index in [9.17, 15) is 0 Å². The molecule has 0 atom stereocenters. The van der Waals surface area contributed by atoms with Crippen LogP contribution in [0.2, 0.25) is 0 Å². The van der Waals surface area contributed by atoms with Crippen molar-refractivity contribution >= 4 is 11.0 Å². The number of fused-ring (bicyclic) bond motifs is 1. The van der Waals surface area contributed by atoms with Crippen molar-refractivity contribution in [2.24, 2.45) is 0 Å². The van der Waals surface area contributed by atoms with Crippen LogP contribution in [0, 0.1) is 0 Å². The molecule has 146 valence electrons. The molecule has 1 aliphatic carbocycles. The van der Waals surface area contributed by atoms with Gasteiger partial charge in [-0.1, -0.05) is 28.6 Å². The van der Waals surface area contributed by atoms with Crippen LogP contribution in [-0.4, -0.2) is 25.1 Å². The van der Waals surface area contributed by atoms with Crippen LogP contribution < -0.4 is 4.74 Å². The summed E-state index contributed by atoms with van der Waals surface area (Å²) >= 11 is 0. The molecule has 2 aromatic heterocycles. The number of rotatable bonds is 5. The van der Waals surface area contributed by atoms with Gasteiger partial charge in [0.25, 0.3) is 5.89 Å². The number of hydrogen-bond donors (Lipinski definition) is 0. The number of ether oxygens (including phenoxy) is 1. The zero-order chi connectivity index (χ0) is 19.9. The molecule has 1 aliphatic rings. The molecule has 5 aromatic rings. The van der Waals surface area contributed by atoms with Gasteiger partial charge in [-0.25, -0.2) is 4.68 Å². The molecule has 0 unspecified atom stereocenters. The van der Waals surface area contributed by atoms with E-state index in [1.807, 2.05) is 77.5 Å². The minimum atomic E-state index is 0.456. The minimum Gasteiger partial charge on any atom is -0.457 e. The number of nitrogens with zero attached hydrogens (tertiary/aromatic N) is 5. The zero-order valence-electron chi connectivity index (χ0n) is 16.0. The van der Waals surface area contributed by atoms with Crippen LogP contribution in [0.15, 0.2) is 77.3 Å². The van der Waals surface area contributed by atoms with Gasteiger partial charge in [-0.15, -0.1) is 5.10 Å². The normalized spacial score (nSPS) is 13.6. The quantitative estimate of drug-likeness (QED) is 0.403. The first-order chi connectivity index (χ1) is 14.8. The van der Waals surface area contributed by atoms with E-state index < -0.39 is 0 Å². The van der Waals surface area contributed by atoms with E-state index in [-0.39, 0.29) is 0 Å². The maximum absolute atomic E-state index is 5.83. The Bertz CT molecular complexity index is 1320. The van der Waals surface area contributed by atoms with E-state index in [2.05, 4.69) is 20.5 Å². The maximum Gasteiger partial charge on any atom is 0.258 e. The van der Waals surface area contributed by atoms with Crippen LogP contribution in [0.3, 0.4) is 0 Å². The van der Waals surface area contributed by atoms with E-state index >= 15 is 0 Å². The zero-order valence-corrected chi connectivity index (χ0v) is 16.0. The molecule has 0 saturated heterocycles. The molecule has 3 aromatic carbocycles. The predicted octanol–water partition coefficient (Wildman–Crippen LogP) is 5.28. The van der Waals surface area contributed by atoms with E-state index in [0.29, 0.717) is 17.8 Å². The van der Waals surface area contributed by atoms with Gasteiger partial charge in [0.1, 0.15) is 17.0 Å². The summed E-state index contributed by atoms with van der Waals surface area (Å²) in [6, 6.07) is 23.7. The van der Waals surface area contributed by atoms with E-state index in [1.165, 1.54) is 12.8 Å². The molecule has 6 rings (SSSR count). The first-order valence-electron chi connectivity index (χ1n) is 9.86. The number of hydrogen-bond acceptors (Lipinski definition) is 6. The third kappa shape index (κ3) is 3.10. The smallest absolute Gasteiger partial charge is 0.258 e. The molecule has 7 nitrogen and oxygen atoms in total. The summed E-state index contributed by atoms with van der Waals surface area (Å²) in [5, 5.41) is 12.7. The van der Waals surface area contributed by atoms with Crippen molar-refractivity contribution in [3.05, 3.63) is 72.8 Å². The molecule has 0 bridgehead atoms. The topological polar surface area (TPSA) is 78.9 Å². The Morgan fingerprint density at radius 3 is 2.43 bits per heavy atom. The monoisotopic (exact) mass is 395 g/mol. The van der Waals surface area contributed by atoms with E-state index in [4.69, 9.17) is 9.26 Å². The van der Waals surface area contributed by atoms with Crippen LogP contribution in [0.25, 0.3) is 33.9 Å². The second-order valence-electron chi connectivity index (χ2n) is 7.33. The van der Waals surface area contributed by atoms with Gasteiger partial charge in [0.15, 0.2) is 0 Å². The lowest BCUT2D eigenvalue weighted by Gasteiger charge is -2.05. The van der Waals surface area contributed by atoms with Gasteiger partial charge in [-0.05, 0) is 67.4 Å². The van der Waals surface area contributed by atoms with Crippen molar-refractivity contribution in [3.8, 4) is 34.3 Å². The Balaban J connectivity index is 1.24. The molecule has 7 heteroatoms. The molecule has 0 N–H and O–H groups in total. The standard InChI is InChI=1S/C23H17N5O2/c1-2-4-18(5-3-1)29-19-11-6-15(7-12-19)22-24-23(30-26-22)16-8-13-21-20(14-16)25-27-28(21)17-9-10-17/h1-8,11-14,17H,9-10H2. The summed E-state index contributed by atoms with van der Waals surface area (Å²) in [6.07, 6.45) is 2.34. The second-order valence-corrected chi connectivity index (χ2v) is 7.33. The summed E-state index contributed by atoms with van der Waals surface area (Å²) in [6.45, 7) is 0. The lowest BCUT2D eigenvalue weighted by molar-refractivity contribution is 0.432. The SMILES string of the molecule is c1ccc(Oc2ccc(-c3noc(-c4ccc5c(c4)nnn5C4CC4)n3)cc2)cc1. The summed E-state index contributed by atoms with van der Waals surface area (Å²) in [4.78, 5) is 4.55. The van der Waals surface area contributed by atoms with Crippen molar-refractivity contribution in [1.82, 2.24) is 25.1 Å². The van der Waals surface area contributed by atoms with Gasteiger partial charge in [0.05, 0.1) is 11.6 Å². The molecule has 2 heterocycles. The third-order valence-corrected chi connectivity index (χ3v) is 5.13. The minimum absolute atomic E-state index is 0.456. The third-order valence-electron chi connectivity index (χ3n) is 5.13. The fourth-order valence-corrected chi connectivity index (χ4v) is 3.42. The lowest BCUT2D eigenvalue weighted by atomic mass is 10.2. The molecular weight excluding hydrogens is 378 g/mol. The summed E-state index contributed by atoms with van der Waals surface area (Å²) < 4.78 is 13.3. The van der Waals surface area contributed by atoms with Gasteiger partial charge < -0.3 is 9.26 Å². The summed E-state index contributed by atoms with van der Waals surface area (Å²) in [5.41, 5.74) is 3.55.